The maximum Gasteiger partial charge on any atom is 0.306 e. The average molecular weight is 891 g/mol. The third kappa shape index (κ3) is 49.6. The lowest BCUT2D eigenvalue weighted by Gasteiger charge is -2.18. The van der Waals surface area contributed by atoms with Crippen LogP contribution in [0.3, 0.4) is 0 Å². The first-order valence-electron chi connectivity index (χ1n) is 26.6. The molecule has 0 aromatic heterocycles. The summed E-state index contributed by atoms with van der Waals surface area (Å²) < 4.78 is 16.7. The smallest absolute Gasteiger partial charge is 0.306 e. The molecule has 0 aliphatic rings. The molecule has 366 valence electrons. The van der Waals surface area contributed by atoms with Gasteiger partial charge < -0.3 is 14.2 Å². The molecule has 0 fully saturated rings. The van der Waals surface area contributed by atoms with Gasteiger partial charge in [-0.15, -0.1) is 0 Å². The molecule has 64 heavy (non-hydrogen) atoms. The molecular weight excluding hydrogens is 793 g/mol. The summed E-state index contributed by atoms with van der Waals surface area (Å²) in [5.41, 5.74) is 0. The number of hydrogen-bond donors (Lipinski definition) is 0. The maximum atomic E-state index is 12.8. The first kappa shape index (κ1) is 60.6. The molecule has 0 saturated carbocycles. The molecule has 0 rings (SSSR count). The highest BCUT2D eigenvalue weighted by atomic mass is 16.6. The molecule has 6 heteroatoms. The predicted molar refractivity (Wildman–Crippen MR) is 274 cm³/mol. The summed E-state index contributed by atoms with van der Waals surface area (Å²) in [4.78, 5) is 38.0. The Labute approximate surface area is 395 Å². The molecule has 0 heterocycles. The monoisotopic (exact) mass is 891 g/mol. The SMILES string of the molecule is CC/C=C/C/C=C/C/C=C/CCCCCCCCCCCC(=O)OCC(COC(=O)CC/C=C/C/C=C/CCCCCCCC)OC(=O)CCCCCCCCC/C=C/C/C=C/CC. The van der Waals surface area contributed by atoms with Crippen LogP contribution in [-0.4, -0.2) is 37.2 Å². The Morgan fingerprint density at radius 3 is 1.05 bits per heavy atom. The highest BCUT2D eigenvalue weighted by Crippen LogP contribution is 2.14. The summed E-state index contributed by atoms with van der Waals surface area (Å²) in [7, 11) is 0. The molecule has 0 aliphatic heterocycles. The molecule has 0 aromatic rings. The fourth-order valence-corrected chi connectivity index (χ4v) is 7.19. The van der Waals surface area contributed by atoms with Gasteiger partial charge in [0.1, 0.15) is 13.2 Å². The van der Waals surface area contributed by atoms with Gasteiger partial charge in [0.15, 0.2) is 6.10 Å². The summed E-state index contributed by atoms with van der Waals surface area (Å²) in [5, 5.41) is 0. The summed E-state index contributed by atoms with van der Waals surface area (Å²) in [6.07, 6.45) is 67.2. The number of carbonyl (C=O) groups excluding carboxylic acids is 3. The fraction of sp³-hybridized carbons (Fsp3) is 0.707. The van der Waals surface area contributed by atoms with Gasteiger partial charge in [0.05, 0.1) is 0 Å². The number of allylic oxidation sites excluding steroid dienone is 14. The molecule has 6 nitrogen and oxygen atoms in total. The lowest BCUT2D eigenvalue weighted by atomic mass is 10.1. The summed E-state index contributed by atoms with van der Waals surface area (Å²) >= 11 is 0. The van der Waals surface area contributed by atoms with Crippen molar-refractivity contribution < 1.29 is 28.6 Å². The topological polar surface area (TPSA) is 78.9 Å². The van der Waals surface area contributed by atoms with Crippen LogP contribution in [0.5, 0.6) is 0 Å². The van der Waals surface area contributed by atoms with Crippen molar-refractivity contribution in [2.45, 2.75) is 252 Å². The van der Waals surface area contributed by atoms with Crippen molar-refractivity contribution >= 4 is 17.9 Å². The highest BCUT2D eigenvalue weighted by molar-refractivity contribution is 5.71. The van der Waals surface area contributed by atoms with E-state index in [1.807, 2.05) is 6.08 Å². The van der Waals surface area contributed by atoms with Crippen molar-refractivity contribution in [1.29, 1.82) is 0 Å². The predicted octanol–water partition coefficient (Wildman–Crippen LogP) is 17.6. The van der Waals surface area contributed by atoms with E-state index in [1.165, 1.54) is 109 Å². The maximum absolute atomic E-state index is 12.8. The molecule has 0 amide bonds. The van der Waals surface area contributed by atoms with E-state index in [0.717, 1.165) is 89.9 Å². The van der Waals surface area contributed by atoms with Crippen LogP contribution in [0.1, 0.15) is 245 Å². The molecule has 0 radical (unpaired) electrons. The Kier molecular flexibility index (Phi) is 49.4. The van der Waals surface area contributed by atoms with Crippen LogP contribution in [0.2, 0.25) is 0 Å². The normalized spacial score (nSPS) is 12.7. The van der Waals surface area contributed by atoms with Gasteiger partial charge in [0.25, 0.3) is 0 Å². The standard InChI is InChI=1S/C58H98O6/c1-4-7-10-13-16-19-22-25-27-28-29-30-31-34-36-39-42-45-48-51-57(60)63-54-55(53-62-56(59)50-47-44-41-38-35-32-24-21-18-15-12-9-6-3)64-58(61)52-49-46-43-40-37-33-26-23-20-17-14-11-8-5-2/h7-8,10-11,16-17,19-20,25,27,32,35,41,44,55H,4-6,9,12-15,18,21-24,26,28-31,33-34,36-40,42-43,45-54H2,1-3H3/b10-7+,11-8+,19-16+,20-17+,27-25+,35-32+,44-41+. The summed E-state index contributed by atoms with van der Waals surface area (Å²) in [6.45, 7) is 6.35. The second kappa shape index (κ2) is 52.2. The summed E-state index contributed by atoms with van der Waals surface area (Å²) in [5.74, 6) is -0.984. The number of unbranched alkanes of at least 4 members (excludes halogenated alkanes) is 22. The number of carbonyl (C=O) groups is 3. The number of rotatable bonds is 47. The van der Waals surface area contributed by atoms with Gasteiger partial charge in [0, 0.05) is 19.3 Å². The van der Waals surface area contributed by atoms with Crippen molar-refractivity contribution in [2.75, 3.05) is 13.2 Å². The Morgan fingerprint density at radius 1 is 0.328 bits per heavy atom. The third-order valence-electron chi connectivity index (χ3n) is 11.1. The van der Waals surface area contributed by atoms with Crippen LogP contribution in [-0.2, 0) is 28.6 Å². The molecule has 0 aliphatic carbocycles. The van der Waals surface area contributed by atoms with Crippen molar-refractivity contribution in [1.82, 2.24) is 0 Å². The van der Waals surface area contributed by atoms with Gasteiger partial charge in [-0.2, -0.15) is 0 Å². The minimum atomic E-state index is -0.805. The van der Waals surface area contributed by atoms with E-state index in [0.29, 0.717) is 19.3 Å². The average Bonchev–Trinajstić information content (AvgIpc) is 3.29. The van der Waals surface area contributed by atoms with Crippen LogP contribution >= 0.6 is 0 Å². The molecule has 1 atom stereocenters. The molecule has 0 bridgehead atoms. The first-order valence-corrected chi connectivity index (χ1v) is 26.6. The molecule has 1 unspecified atom stereocenters. The molecule has 0 N–H and O–H groups in total. The minimum Gasteiger partial charge on any atom is -0.462 e. The number of ether oxygens (including phenoxy) is 3. The second-order valence-electron chi connectivity index (χ2n) is 17.4. The number of esters is 3. The fourth-order valence-electron chi connectivity index (χ4n) is 7.19. The minimum absolute atomic E-state index is 0.1000. The lowest BCUT2D eigenvalue weighted by Crippen LogP contribution is -2.30. The van der Waals surface area contributed by atoms with Crippen LogP contribution in [0.15, 0.2) is 85.1 Å². The highest BCUT2D eigenvalue weighted by Gasteiger charge is 2.19. The largest absolute Gasteiger partial charge is 0.462 e. The molecule has 0 saturated heterocycles. The molecule has 0 aromatic carbocycles. The zero-order chi connectivity index (χ0) is 46.5. The van der Waals surface area contributed by atoms with Gasteiger partial charge in [-0.05, 0) is 96.3 Å². The second-order valence-corrected chi connectivity index (χ2v) is 17.4. The van der Waals surface area contributed by atoms with Gasteiger partial charge in [-0.1, -0.05) is 215 Å². The van der Waals surface area contributed by atoms with E-state index in [1.54, 1.807) is 0 Å². The van der Waals surface area contributed by atoms with Crippen molar-refractivity contribution in [3.05, 3.63) is 85.1 Å². The lowest BCUT2D eigenvalue weighted by molar-refractivity contribution is -0.166. The van der Waals surface area contributed by atoms with Crippen molar-refractivity contribution in [3.8, 4) is 0 Å². The quantitative estimate of drug-likeness (QED) is 0.0262. The van der Waals surface area contributed by atoms with Crippen molar-refractivity contribution in [3.63, 3.8) is 0 Å². The van der Waals surface area contributed by atoms with Crippen LogP contribution in [0.4, 0.5) is 0 Å². The van der Waals surface area contributed by atoms with E-state index < -0.39 is 6.10 Å². The number of hydrogen-bond acceptors (Lipinski definition) is 6. The van der Waals surface area contributed by atoms with Crippen LogP contribution < -0.4 is 0 Å². The third-order valence-corrected chi connectivity index (χ3v) is 11.1. The molecular formula is C58H98O6. The van der Waals surface area contributed by atoms with Gasteiger partial charge in [0.2, 0.25) is 0 Å². The van der Waals surface area contributed by atoms with E-state index in [2.05, 4.69) is 99.8 Å². The van der Waals surface area contributed by atoms with Gasteiger partial charge >= 0.3 is 17.9 Å². The van der Waals surface area contributed by atoms with E-state index >= 15 is 0 Å². The van der Waals surface area contributed by atoms with E-state index in [-0.39, 0.29) is 37.5 Å². The van der Waals surface area contributed by atoms with E-state index in [4.69, 9.17) is 14.2 Å². The zero-order valence-corrected chi connectivity index (χ0v) is 41.8. The van der Waals surface area contributed by atoms with Crippen molar-refractivity contribution in [2.24, 2.45) is 0 Å². The first-order chi connectivity index (χ1) is 31.5. The van der Waals surface area contributed by atoms with Gasteiger partial charge in [-0.25, -0.2) is 0 Å². The summed E-state index contributed by atoms with van der Waals surface area (Å²) in [6, 6.07) is 0. The Hall–Kier alpha value is -3.41. The Balaban J connectivity index is 4.42. The van der Waals surface area contributed by atoms with Crippen LogP contribution in [0.25, 0.3) is 0 Å². The Morgan fingerprint density at radius 2 is 0.641 bits per heavy atom. The molecule has 0 spiro atoms. The van der Waals surface area contributed by atoms with Crippen LogP contribution in [0, 0.1) is 0 Å². The van der Waals surface area contributed by atoms with Gasteiger partial charge in [-0.3, -0.25) is 14.4 Å². The zero-order valence-electron chi connectivity index (χ0n) is 41.8. The van der Waals surface area contributed by atoms with E-state index in [9.17, 15) is 14.4 Å². The Bertz CT molecular complexity index is 1250.